The Morgan fingerprint density at radius 2 is 0.792 bits per heavy atom. The van der Waals surface area contributed by atoms with Crippen LogP contribution in [0.1, 0.15) is 303 Å². The zero-order valence-electron chi connectivity index (χ0n) is 47.2. The Kier molecular flexibility index (Phi) is 50.2. The number of ether oxygens (including phenoxy) is 2. The molecule has 0 aromatic heterocycles. The number of carbonyl (C=O) groups is 1. The molecular weight excluding hydrogens is 899 g/mol. The Morgan fingerprint density at radius 1 is 0.458 bits per heavy atom. The van der Waals surface area contributed by atoms with E-state index in [9.17, 15) is 30.3 Å². The summed E-state index contributed by atoms with van der Waals surface area (Å²) in [7, 11) is 0. The molecule has 7 unspecified atom stereocenters. The first-order chi connectivity index (χ1) is 35.3. The van der Waals surface area contributed by atoms with Gasteiger partial charge in [0.2, 0.25) is 5.91 Å². The van der Waals surface area contributed by atoms with Crippen LogP contribution >= 0.6 is 0 Å². The highest BCUT2D eigenvalue weighted by Gasteiger charge is 2.44. The van der Waals surface area contributed by atoms with Crippen LogP contribution in [0.2, 0.25) is 0 Å². The van der Waals surface area contributed by atoms with E-state index >= 15 is 0 Å². The smallest absolute Gasteiger partial charge is 0.220 e. The van der Waals surface area contributed by atoms with E-state index in [0.29, 0.717) is 6.42 Å². The molecule has 0 aliphatic carbocycles. The van der Waals surface area contributed by atoms with Gasteiger partial charge in [-0.2, -0.15) is 0 Å². The lowest BCUT2D eigenvalue weighted by molar-refractivity contribution is -0.302. The Balaban J connectivity index is 2.19. The first-order valence-electron chi connectivity index (χ1n) is 31.2. The van der Waals surface area contributed by atoms with Crippen LogP contribution in [-0.2, 0) is 14.3 Å². The fraction of sp³-hybridized carbons (Fsp3) is 0.889. The molecule has 1 heterocycles. The van der Waals surface area contributed by atoms with Gasteiger partial charge in [0.05, 0.1) is 25.4 Å². The van der Waals surface area contributed by atoms with Crippen molar-refractivity contribution in [2.45, 2.75) is 346 Å². The number of hydrogen-bond acceptors (Lipinski definition) is 8. The molecule has 424 valence electrons. The molecule has 0 saturated carbocycles. The number of aliphatic hydroxyl groups excluding tert-OH is 5. The van der Waals surface area contributed by atoms with Crippen molar-refractivity contribution in [1.29, 1.82) is 0 Å². The summed E-state index contributed by atoms with van der Waals surface area (Å²) < 4.78 is 11.3. The van der Waals surface area contributed by atoms with E-state index in [2.05, 4.69) is 43.5 Å². The van der Waals surface area contributed by atoms with Gasteiger partial charge < -0.3 is 40.3 Å². The number of carbonyl (C=O) groups excluding carboxylic acids is 1. The SMILES string of the molecule is CCCCCCCCCCCCC/C=C/CC/C=C/CC/C=C/C(O)C(COC1OC(CO)C(O)C(O)C1O)NC(=O)CCCCCCCCCCCCCCCCCCCCCCCCCCCCCC. The zero-order chi connectivity index (χ0) is 52.2. The molecule has 1 rings (SSSR count). The standard InChI is InChI=1S/C63H119NO8/c1-3-5-7-9-11-13-15-17-19-21-23-25-26-27-28-29-30-31-33-35-37-39-41-43-45-47-49-51-53-59(67)64-56(55-71-63-62(70)61(69)60(68)58(54-65)72-63)57(66)52-50-48-46-44-42-40-38-36-34-32-24-22-20-18-16-14-12-10-8-6-4-2/h34,36,42,44,50,52,56-58,60-63,65-66,68-70H,3-33,35,37-41,43,45-49,51,53-55H2,1-2H3,(H,64,67)/b36-34+,44-42+,52-50+. The molecule has 0 radical (unpaired) electrons. The lowest BCUT2D eigenvalue weighted by Gasteiger charge is -2.40. The van der Waals surface area contributed by atoms with Crippen molar-refractivity contribution in [2.75, 3.05) is 13.2 Å². The predicted molar refractivity (Wildman–Crippen MR) is 304 cm³/mol. The van der Waals surface area contributed by atoms with E-state index in [1.165, 1.54) is 238 Å². The van der Waals surface area contributed by atoms with Crippen molar-refractivity contribution in [1.82, 2.24) is 5.32 Å². The summed E-state index contributed by atoms with van der Waals surface area (Å²) in [6.45, 7) is 3.80. The molecule has 0 aromatic rings. The van der Waals surface area contributed by atoms with Gasteiger partial charge in [-0.3, -0.25) is 4.79 Å². The fourth-order valence-electron chi connectivity index (χ4n) is 10.0. The van der Waals surface area contributed by atoms with E-state index in [0.717, 1.165) is 44.9 Å². The highest BCUT2D eigenvalue weighted by molar-refractivity contribution is 5.76. The number of nitrogens with one attached hydrogen (secondary N) is 1. The normalized spacial score (nSPS) is 19.3. The molecule has 9 heteroatoms. The summed E-state index contributed by atoms with van der Waals surface area (Å²) in [5, 5.41) is 54.6. The Morgan fingerprint density at radius 3 is 1.17 bits per heavy atom. The van der Waals surface area contributed by atoms with Crippen LogP contribution in [0.4, 0.5) is 0 Å². The van der Waals surface area contributed by atoms with Crippen molar-refractivity contribution in [3.8, 4) is 0 Å². The maximum absolute atomic E-state index is 13.1. The lowest BCUT2D eigenvalue weighted by Crippen LogP contribution is -2.60. The van der Waals surface area contributed by atoms with Gasteiger partial charge in [-0.25, -0.2) is 0 Å². The molecule has 0 aromatic carbocycles. The van der Waals surface area contributed by atoms with Gasteiger partial charge in [0.1, 0.15) is 24.4 Å². The molecule has 6 N–H and O–H groups in total. The van der Waals surface area contributed by atoms with Gasteiger partial charge in [0.25, 0.3) is 0 Å². The van der Waals surface area contributed by atoms with Crippen molar-refractivity contribution in [3.63, 3.8) is 0 Å². The molecule has 0 spiro atoms. The lowest BCUT2D eigenvalue weighted by atomic mass is 9.99. The average Bonchev–Trinajstić information content (AvgIpc) is 3.38. The number of rotatable bonds is 54. The molecule has 9 nitrogen and oxygen atoms in total. The largest absolute Gasteiger partial charge is 0.394 e. The molecule has 72 heavy (non-hydrogen) atoms. The highest BCUT2D eigenvalue weighted by Crippen LogP contribution is 2.23. The third kappa shape index (κ3) is 41.6. The first kappa shape index (κ1) is 68.4. The van der Waals surface area contributed by atoms with Crippen molar-refractivity contribution in [3.05, 3.63) is 36.5 Å². The first-order valence-corrected chi connectivity index (χ1v) is 31.2. The van der Waals surface area contributed by atoms with Gasteiger partial charge in [-0.15, -0.1) is 0 Å². The van der Waals surface area contributed by atoms with Crippen LogP contribution < -0.4 is 5.32 Å². The number of aliphatic hydroxyl groups is 5. The second-order valence-electron chi connectivity index (χ2n) is 21.8. The van der Waals surface area contributed by atoms with Crippen LogP contribution in [0.3, 0.4) is 0 Å². The number of unbranched alkanes of at least 4 members (excludes halogenated alkanes) is 40. The minimum atomic E-state index is -1.57. The van der Waals surface area contributed by atoms with Crippen LogP contribution in [0, 0.1) is 0 Å². The zero-order valence-corrected chi connectivity index (χ0v) is 47.2. The molecule has 1 saturated heterocycles. The summed E-state index contributed by atoms with van der Waals surface area (Å²) in [6.07, 6.45) is 62.3. The Bertz CT molecular complexity index is 1230. The molecular formula is C63H119NO8. The predicted octanol–water partition coefficient (Wildman–Crippen LogP) is 15.9. The summed E-state index contributed by atoms with van der Waals surface area (Å²) >= 11 is 0. The molecule has 1 aliphatic rings. The van der Waals surface area contributed by atoms with Crippen LogP contribution in [0.15, 0.2) is 36.5 Å². The Labute approximate surface area is 444 Å². The van der Waals surface area contributed by atoms with Gasteiger partial charge >= 0.3 is 0 Å². The molecule has 1 amide bonds. The third-order valence-corrected chi connectivity index (χ3v) is 14.9. The number of amides is 1. The van der Waals surface area contributed by atoms with Crippen LogP contribution in [-0.4, -0.2) is 87.5 Å². The van der Waals surface area contributed by atoms with Crippen LogP contribution in [0.25, 0.3) is 0 Å². The quantitative estimate of drug-likeness (QED) is 0.0261. The number of hydrogen-bond donors (Lipinski definition) is 6. The third-order valence-electron chi connectivity index (χ3n) is 14.9. The molecule has 7 atom stereocenters. The summed E-state index contributed by atoms with van der Waals surface area (Å²) in [5.41, 5.74) is 0. The topological polar surface area (TPSA) is 149 Å². The average molecular weight is 1020 g/mol. The maximum atomic E-state index is 13.1. The van der Waals surface area contributed by atoms with E-state index in [4.69, 9.17) is 9.47 Å². The van der Waals surface area contributed by atoms with Crippen molar-refractivity contribution in [2.24, 2.45) is 0 Å². The summed E-state index contributed by atoms with van der Waals surface area (Å²) in [4.78, 5) is 13.1. The minimum absolute atomic E-state index is 0.185. The van der Waals surface area contributed by atoms with Gasteiger partial charge in [-0.05, 0) is 44.9 Å². The van der Waals surface area contributed by atoms with E-state index in [-0.39, 0.29) is 12.5 Å². The van der Waals surface area contributed by atoms with Crippen LogP contribution in [0.5, 0.6) is 0 Å². The Hall–Kier alpha value is -1.59. The van der Waals surface area contributed by atoms with Gasteiger partial charge in [0.15, 0.2) is 6.29 Å². The summed E-state index contributed by atoms with van der Waals surface area (Å²) in [5.74, 6) is -0.185. The second-order valence-corrected chi connectivity index (χ2v) is 21.8. The van der Waals surface area contributed by atoms with Gasteiger partial charge in [-0.1, -0.05) is 288 Å². The number of allylic oxidation sites excluding steroid dienone is 5. The minimum Gasteiger partial charge on any atom is -0.394 e. The monoisotopic (exact) mass is 1020 g/mol. The van der Waals surface area contributed by atoms with E-state index in [1.54, 1.807) is 6.08 Å². The van der Waals surface area contributed by atoms with Gasteiger partial charge in [0, 0.05) is 6.42 Å². The van der Waals surface area contributed by atoms with E-state index in [1.807, 2.05) is 6.08 Å². The highest BCUT2D eigenvalue weighted by atomic mass is 16.7. The van der Waals surface area contributed by atoms with Crippen molar-refractivity contribution >= 4 is 5.91 Å². The molecule has 1 aliphatic heterocycles. The molecule has 1 fully saturated rings. The summed E-state index contributed by atoms with van der Waals surface area (Å²) in [6, 6.07) is -0.827. The van der Waals surface area contributed by atoms with Crippen molar-refractivity contribution < 1.29 is 39.8 Å². The molecule has 0 bridgehead atoms. The maximum Gasteiger partial charge on any atom is 0.220 e. The fourth-order valence-corrected chi connectivity index (χ4v) is 10.0. The second kappa shape index (κ2) is 52.8. The van der Waals surface area contributed by atoms with E-state index < -0.39 is 49.5 Å².